The molecule has 0 unspecified atom stereocenters. The molecular weight excluding hydrogens is 195 g/mol. The second-order valence-corrected chi connectivity index (χ2v) is 8.51. The zero-order valence-electron chi connectivity index (χ0n) is 7.25. The third-order valence-corrected chi connectivity index (χ3v) is 7.25. The predicted octanol–water partition coefficient (Wildman–Crippen LogP) is 2.43. The summed E-state index contributed by atoms with van der Waals surface area (Å²) in [5.74, 6) is 0. The van der Waals surface area contributed by atoms with Crippen LogP contribution in [0.1, 0.15) is 13.8 Å². The van der Waals surface area contributed by atoms with Gasteiger partial charge in [-0.2, -0.15) is 0 Å². The van der Waals surface area contributed by atoms with Crippen molar-refractivity contribution < 1.29 is 0 Å². The Labute approximate surface area is 73.9 Å². The van der Waals surface area contributed by atoms with Crippen LogP contribution in [0.25, 0.3) is 0 Å². The van der Waals surface area contributed by atoms with Crippen LogP contribution in [0.4, 0.5) is 0 Å². The first-order chi connectivity index (χ1) is 5.38. The Hall–Kier alpha value is -0.222. The summed E-state index contributed by atoms with van der Waals surface area (Å²) in [4.78, 5) is 0. The van der Waals surface area contributed by atoms with E-state index in [4.69, 9.17) is 0 Å². The first-order valence-corrected chi connectivity index (χ1v) is 7.77. The van der Waals surface area contributed by atoms with Crippen molar-refractivity contribution in [3.8, 4) is 0 Å². The van der Waals surface area contributed by atoms with Gasteiger partial charge in [0.2, 0.25) is 0 Å². The molecule has 0 atom stereocenters. The van der Waals surface area contributed by atoms with Crippen molar-refractivity contribution in [1.29, 1.82) is 0 Å². The third kappa shape index (κ3) is 2.38. The van der Waals surface area contributed by atoms with Crippen molar-refractivity contribution in [2.45, 2.75) is 24.3 Å². The Morgan fingerprint density at radius 1 is 1.00 bits per heavy atom. The molecule has 0 bridgehead atoms. The van der Waals surface area contributed by atoms with Crippen LogP contribution in [0.3, 0.4) is 0 Å². The topological polar surface area (TPSA) is 0 Å². The second kappa shape index (κ2) is 4.61. The Balaban J connectivity index is 2.74. The van der Waals surface area contributed by atoms with Gasteiger partial charge in [-0.25, -0.2) is 0 Å². The molecule has 0 aliphatic heterocycles. The molecule has 1 heteroatoms. The zero-order valence-corrected chi connectivity index (χ0v) is 9.12. The average molecular weight is 210 g/mol. The average Bonchev–Trinajstić information content (AvgIpc) is 2.09. The van der Waals surface area contributed by atoms with Crippen LogP contribution in [-0.4, -0.2) is 14.7 Å². The van der Waals surface area contributed by atoms with Crippen molar-refractivity contribution in [2.75, 3.05) is 0 Å². The van der Waals surface area contributed by atoms with E-state index >= 15 is 0 Å². The predicted molar refractivity (Wildman–Crippen MR) is 52.8 cm³/mol. The Bertz CT molecular complexity index is 189. The van der Waals surface area contributed by atoms with E-state index in [2.05, 4.69) is 44.2 Å². The van der Waals surface area contributed by atoms with Gasteiger partial charge in [0, 0.05) is 0 Å². The Morgan fingerprint density at radius 3 is 2.00 bits per heavy atom. The van der Waals surface area contributed by atoms with Crippen molar-refractivity contribution in [3.05, 3.63) is 30.3 Å². The van der Waals surface area contributed by atoms with Crippen molar-refractivity contribution in [2.24, 2.45) is 0 Å². The van der Waals surface area contributed by atoms with Gasteiger partial charge in [0.15, 0.2) is 0 Å². The molecule has 0 spiro atoms. The molecule has 0 fully saturated rings. The quantitative estimate of drug-likeness (QED) is 0.672. The van der Waals surface area contributed by atoms with Gasteiger partial charge in [0.05, 0.1) is 0 Å². The molecule has 1 aromatic rings. The van der Waals surface area contributed by atoms with Crippen molar-refractivity contribution >= 4 is 19.0 Å². The van der Waals surface area contributed by atoms with Gasteiger partial charge in [0.25, 0.3) is 0 Å². The first kappa shape index (κ1) is 8.87. The zero-order chi connectivity index (χ0) is 8.10. The number of hydrogen-bond donors (Lipinski definition) is 0. The first-order valence-electron chi connectivity index (χ1n) is 4.18. The molecule has 0 radical (unpaired) electrons. The number of hydrogen-bond acceptors (Lipinski definition) is 0. The summed E-state index contributed by atoms with van der Waals surface area (Å²) in [5, 5.41) is 2.79. The fraction of sp³-hybridized carbons (Fsp3) is 0.400. The van der Waals surface area contributed by atoms with Gasteiger partial charge in [0.1, 0.15) is 0 Å². The molecule has 0 saturated carbocycles. The van der Waals surface area contributed by atoms with E-state index in [0.29, 0.717) is 0 Å². The summed E-state index contributed by atoms with van der Waals surface area (Å²) in [7, 11) is 0. The van der Waals surface area contributed by atoms with Crippen molar-refractivity contribution in [1.82, 2.24) is 0 Å². The molecule has 0 aromatic heterocycles. The van der Waals surface area contributed by atoms with Crippen LogP contribution in [0.5, 0.6) is 0 Å². The molecule has 1 rings (SSSR count). The van der Waals surface area contributed by atoms with Crippen LogP contribution in [-0.2, 0) is 0 Å². The van der Waals surface area contributed by atoms with Gasteiger partial charge >= 0.3 is 73.6 Å². The van der Waals surface area contributed by atoms with Gasteiger partial charge in [-0.15, -0.1) is 0 Å². The standard InChI is InChI=1S/C10H15As/c1-3-11(4-2)10-8-6-5-7-9-10/h5-9H,3-4H2,1-2H3. The molecule has 0 N–H and O–H groups in total. The van der Waals surface area contributed by atoms with E-state index in [1.54, 1.807) is 4.35 Å². The van der Waals surface area contributed by atoms with E-state index in [-0.39, 0.29) is 0 Å². The van der Waals surface area contributed by atoms with E-state index in [9.17, 15) is 0 Å². The van der Waals surface area contributed by atoms with Crippen LogP contribution in [0.15, 0.2) is 30.3 Å². The fourth-order valence-electron chi connectivity index (χ4n) is 1.23. The minimum atomic E-state index is -0.616. The van der Waals surface area contributed by atoms with Crippen LogP contribution < -0.4 is 4.35 Å². The van der Waals surface area contributed by atoms with E-state index < -0.39 is 14.7 Å². The number of rotatable bonds is 3. The molecular formula is C10H15As. The third-order valence-electron chi connectivity index (χ3n) is 1.88. The van der Waals surface area contributed by atoms with Crippen LogP contribution in [0.2, 0.25) is 10.4 Å². The van der Waals surface area contributed by atoms with E-state index in [1.807, 2.05) is 0 Å². The summed E-state index contributed by atoms with van der Waals surface area (Å²) < 4.78 is 1.63. The SMILES string of the molecule is CC[As](CC)c1ccccc1. The minimum absolute atomic E-state index is 0.616. The Kier molecular flexibility index (Phi) is 3.72. The van der Waals surface area contributed by atoms with E-state index in [0.717, 1.165) is 0 Å². The molecule has 60 valence electrons. The molecule has 0 aliphatic rings. The summed E-state index contributed by atoms with van der Waals surface area (Å²) in [6.07, 6.45) is 0. The van der Waals surface area contributed by atoms with Crippen molar-refractivity contribution in [3.63, 3.8) is 0 Å². The molecule has 1 aromatic carbocycles. The maximum absolute atomic E-state index is 2.32. The van der Waals surface area contributed by atoms with Gasteiger partial charge < -0.3 is 0 Å². The fourth-order valence-corrected chi connectivity index (χ4v) is 4.94. The van der Waals surface area contributed by atoms with Gasteiger partial charge in [-0.05, 0) is 0 Å². The monoisotopic (exact) mass is 210 g/mol. The summed E-state index contributed by atoms with van der Waals surface area (Å²) in [5.41, 5.74) is 0. The maximum atomic E-state index is 2.32. The summed E-state index contributed by atoms with van der Waals surface area (Å²) in [6.45, 7) is 4.63. The molecule has 0 saturated heterocycles. The van der Waals surface area contributed by atoms with Crippen LogP contribution in [0, 0.1) is 0 Å². The summed E-state index contributed by atoms with van der Waals surface area (Å²) >= 11 is -0.616. The molecule has 0 nitrogen and oxygen atoms in total. The normalized spacial score (nSPS) is 10.5. The second-order valence-electron chi connectivity index (χ2n) is 2.51. The molecule has 0 amide bonds. The van der Waals surface area contributed by atoms with E-state index in [1.165, 1.54) is 10.4 Å². The molecule has 11 heavy (non-hydrogen) atoms. The van der Waals surface area contributed by atoms with Gasteiger partial charge in [-0.3, -0.25) is 0 Å². The number of benzene rings is 1. The molecule has 0 aliphatic carbocycles. The van der Waals surface area contributed by atoms with Crippen LogP contribution >= 0.6 is 0 Å². The summed E-state index contributed by atoms with van der Waals surface area (Å²) in [6, 6.07) is 11.0. The Morgan fingerprint density at radius 2 is 1.55 bits per heavy atom. The molecule has 0 heterocycles. The van der Waals surface area contributed by atoms with Gasteiger partial charge in [-0.1, -0.05) is 0 Å².